The lowest BCUT2D eigenvalue weighted by Crippen LogP contribution is -2.44. The van der Waals surface area contributed by atoms with Crippen LogP contribution in [0.25, 0.3) is 0 Å². The van der Waals surface area contributed by atoms with Gasteiger partial charge in [-0.3, -0.25) is 4.79 Å². The van der Waals surface area contributed by atoms with E-state index in [1.54, 1.807) is 6.92 Å². The molecule has 1 unspecified atom stereocenters. The zero-order chi connectivity index (χ0) is 17.2. The number of hydrazone groups is 1. The highest BCUT2D eigenvalue weighted by Gasteiger charge is 2.30. The number of aromatic nitrogens is 2. The number of aryl methyl sites for hydroxylation is 2. The highest BCUT2D eigenvalue weighted by atomic mass is 32.2. The van der Waals surface area contributed by atoms with E-state index in [9.17, 15) is 17.6 Å². The van der Waals surface area contributed by atoms with E-state index in [0.29, 0.717) is 25.1 Å². The van der Waals surface area contributed by atoms with Crippen LogP contribution in [0.4, 0.5) is 4.39 Å². The minimum Gasteiger partial charge on any atom is -0.273 e. The maximum absolute atomic E-state index is 13.7. The van der Waals surface area contributed by atoms with Crippen molar-refractivity contribution in [1.82, 2.24) is 19.5 Å². The first kappa shape index (κ1) is 17.5. The van der Waals surface area contributed by atoms with Gasteiger partial charge in [-0.2, -0.15) is 14.6 Å². The first-order chi connectivity index (χ1) is 10.7. The van der Waals surface area contributed by atoms with Crippen molar-refractivity contribution in [2.75, 3.05) is 19.3 Å². The maximum atomic E-state index is 13.7. The predicted molar refractivity (Wildman–Crippen MR) is 82.8 cm³/mol. The molecule has 0 saturated carbocycles. The van der Waals surface area contributed by atoms with Gasteiger partial charge in [0.15, 0.2) is 0 Å². The van der Waals surface area contributed by atoms with Crippen molar-refractivity contribution in [2.24, 2.45) is 18.1 Å². The molecule has 0 radical (unpaired) electrons. The second kappa shape index (κ2) is 6.75. The van der Waals surface area contributed by atoms with Gasteiger partial charge in [0, 0.05) is 20.1 Å². The van der Waals surface area contributed by atoms with Crippen LogP contribution in [0, 0.1) is 18.8 Å². The Kier molecular flexibility index (Phi) is 5.15. The summed E-state index contributed by atoms with van der Waals surface area (Å²) in [5, 5.41) is 7.65. The van der Waals surface area contributed by atoms with Crippen molar-refractivity contribution in [3.05, 3.63) is 17.2 Å². The van der Waals surface area contributed by atoms with Gasteiger partial charge < -0.3 is 0 Å². The zero-order valence-electron chi connectivity index (χ0n) is 13.3. The third-order valence-electron chi connectivity index (χ3n) is 3.79. The highest BCUT2D eigenvalue weighted by Crippen LogP contribution is 2.18. The summed E-state index contributed by atoms with van der Waals surface area (Å²) in [7, 11) is -1.84. The lowest BCUT2D eigenvalue weighted by Gasteiger charge is -2.29. The van der Waals surface area contributed by atoms with E-state index in [2.05, 4.69) is 15.6 Å². The summed E-state index contributed by atoms with van der Waals surface area (Å²) in [6, 6.07) is 0. The van der Waals surface area contributed by atoms with E-state index >= 15 is 0 Å². The molecule has 2 rings (SSSR count). The minimum atomic E-state index is -3.31. The number of piperidine rings is 1. The lowest BCUT2D eigenvalue weighted by molar-refractivity contribution is -0.126. The molecule has 8 nitrogen and oxygen atoms in total. The molecule has 1 aliphatic rings. The van der Waals surface area contributed by atoms with Crippen LogP contribution in [0.5, 0.6) is 0 Å². The van der Waals surface area contributed by atoms with E-state index in [-0.39, 0.29) is 18.0 Å². The van der Waals surface area contributed by atoms with Crippen LogP contribution in [0.3, 0.4) is 0 Å². The zero-order valence-corrected chi connectivity index (χ0v) is 14.1. The number of hydrogen-bond acceptors (Lipinski definition) is 5. The summed E-state index contributed by atoms with van der Waals surface area (Å²) in [6.45, 7) is 2.20. The molecule has 0 spiro atoms. The van der Waals surface area contributed by atoms with Gasteiger partial charge in [-0.25, -0.2) is 22.8 Å². The van der Waals surface area contributed by atoms with Gasteiger partial charge in [-0.15, -0.1) is 0 Å². The summed E-state index contributed by atoms with van der Waals surface area (Å²) in [4.78, 5) is 12.1. The number of nitrogens with one attached hydrogen (secondary N) is 1. The molecule has 1 amide bonds. The van der Waals surface area contributed by atoms with Crippen LogP contribution >= 0.6 is 0 Å². The normalized spacial score (nSPS) is 20.1. The van der Waals surface area contributed by atoms with E-state index < -0.39 is 21.9 Å². The number of rotatable bonds is 4. The Labute approximate surface area is 134 Å². The number of carbonyl (C=O) groups is 1. The molecule has 1 N–H and O–H groups in total. The molecule has 1 saturated heterocycles. The molecule has 1 aliphatic heterocycles. The molecular weight excluding hydrogens is 325 g/mol. The summed E-state index contributed by atoms with van der Waals surface area (Å²) in [5.74, 6) is -1.38. The average Bonchev–Trinajstić information content (AvgIpc) is 2.72. The SMILES string of the molecule is Cc1nn(C)c(F)c1/C=N/NC(=O)C1CCCN(S(C)(=O)=O)C1. The van der Waals surface area contributed by atoms with Crippen LogP contribution < -0.4 is 5.43 Å². The fourth-order valence-electron chi connectivity index (χ4n) is 2.50. The largest absolute Gasteiger partial charge is 0.273 e. The van der Waals surface area contributed by atoms with Gasteiger partial charge in [-0.1, -0.05) is 0 Å². The van der Waals surface area contributed by atoms with Gasteiger partial charge in [0.05, 0.1) is 29.6 Å². The predicted octanol–water partition coefficient (Wildman–Crippen LogP) is -0.0107. The van der Waals surface area contributed by atoms with Crippen LogP contribution in [0.2, 0.25) is 0 Å². The van der Waals surface area contributed by atoms with Crippen molar-refractivity contribution in [2.45, 2.75) is 19.8 Å². The number of nitrogens with zero attached hydrogens (tertiary/aromatic N) is 4. The van der Waals surface area contributed by atoms with Gasteiger partial charge in [-0.05, 0) is 19.8 Å². The molecule has 23 heavy (non-hydrogen) atoms. The Hall–Kier alpha value is -1.81. The molecule has 0 aliphatic carbocycles. The molecule has 10 heteroatoms. The van der Waals surface area contributed by atoms with Gasteiger partial charge in [0.2, 0.25) is 21.9 Å². The van der Waals surface area contributed by atoms with Crippen molar-refractivity contribution in [1.29, 1.82) is 0 Å². The van der Waals surface area contributed by atoms with Crippen molar-refractivity contribution in [3.8, 4) is 0 Å². The van der Waals surface area contributed by atoms with Crippen LogP contribution in [-0.4, -0.2) is 54.0 Å². The smallest absolute Gasteiger partial charge is 0.244 e. The van der Waals surface area contributed by atoms with Gasteiger partial charge in [0.25, 0.3) is 0 Å². The monoisotopic (exact) mass is 345 g/mol. The van der Waals surface area contributed by atoms with Crippen molar-refractivity contribution in [3.63, 3.8) is 0 Å². The molecule has 1 fully saturated rings. The van der Waals surface area contributed by atoms with E-state index in [1.807, 2.05) is 0 Å². The fraction of sp³-hybridized carbons (Fsp3) is 0.615. The number of sulfonamides is 1. The Morgan fingerprint density at radius 1 is 1.52 bits per heavy atom. The fourth-order valence-corrected chi connectivity index (χ4v) is 3.41. The van der Waals surface area contributed by atoms with Crippen LogP contribution in [0.1, 0.15) is 24.1 Å². The first-order valence-electron chi connectivity index (χ1n) is 7.17. The maximum Gasteiger partial charge on any atom is 0.244 e. The average molecular weight is 345 g/mol. The van der Waals surface area contributed by atoms with Gasteiger partial charge in [0.1, 0.15) is 0 Å². The lowest BCUT2D eigenvalue weighted by atomic mass is 9.99. The molecule has 1 aromatic rings. The number of halogens is 1. The number of amides is 1. The Morgan fingerprint density at radius 3 is 2.78 bits per heavy atom. The minimum absolute atomic E-state index is 0.139. The third-order valence-corrected chi connectivity index (χ3v) is 5.06. The van der Waals surface area contributed by atoms with Crippen LogP contribution in [0.15, 0.2) is 5.10 Å². The molecular formula is C13H20FN5O3S. The van der Waals surface area contributed by atoms with E-state index in [4.69, 9.17) is 0 Å². The standard InChI is InChI=1S/C13H20FN5O3S/c1-9-11(12(14)18(2)17-9)7-15-16-13(20)10-5-4-6-19(8-10)23(3,21)22/h7,10H,4-6,8H2,1-3H3,(H,16,20)/b15-7+. The van der Waals surface area contributed by atoms with Gasteiger partial charge >= 0.3 is 0 Å². The number of carbonyl (C=O) groups excluding carboxylic acids is 1. The first-order valence-corrected chi connectivity index (χ1v) is 9.02. The Balaban J connectivity index is 1.98. The summed E-state index contributed by atoms with van der Waals surface area (Å²) in [5.41, 5.74) is 3.01. The van der Waals surface area contributed by atoms with Crippen LogP contribution in [-0.2, 0) is 21.9 Å². The Morgan fingerprint density at radius 2 is 2.22 bits per heavy atom. The quantitative estimate of drug-likeness (QED) is 0.613. The Bertz CT molecular complexity index is 728. The van der Waals surface area contributed by atoms with E-state index in [1.165, 1.54) is 17.6 Å². The summed E-state index contributed by atoms with van der Waals surface area (Å²) >= 11 is 0. The van der Waals surface area contributed by atoms with Crippen molar-refractivity contribution < 1.29 is 17.6 Å². The molecule has 0 bridgehead atoms. The second-order valence-corrected chi connectivity index (χ2v) is 7.59. The summed E-state index contributed by atoms with van der Waals surface area (Å²) in [6.07, 6.45) is 3.53. The topological polar surface area (TPSA) is 96.7 Å². The molecule has 2 heterocycles. The third kappa shape index (κ3) is 4.14. The van der Waals surface area contributed by atoms with Crippen molar-refractivity contribution >= 4 is 22.1 Å². The second-order valence-electron chi connectivity index (χ2n) is 5.61. The molecule has 1 atom stereocenters. The molecule has 1 aromatic heterocycles. The highest BCUT2D eigenvalue weighted by molar-refractivity contribution is 7.88. The number of hydrogen-bond donors (Lipinski definition) is 1. The summed E-state index contributed by atoms with van der Waals surface area (Å²) < 4.78 is 39.2. The molecule has 128 valence electrons. The van der Waals surface area contributed by atoms with E-state index in [0.717, 1.165) is 10.9 Å². The molecule has 0 aromatic carbocycles.